The lowest BCUT2D eigenvalue weighted by atomic mass is 9.99. The Kier molecular flexibility index (Phi) is 4.96. The standard InChI is InChI=1S/C8H7F7O2/c1-2-4(16)17-3-7(13,5(9)10)8(14,15)6(11)12/h2,5-6H,1,3H2. The average molecular weight is 268 g/mol. The molecule has 0 aliphatic carbocycles. The Bertz CT molecular complexity index is 292. The van der Waals surface area contributed by atoms with Crippen LogP contribution in [0.3, 0.4) is 0 Å². The minimum Gasteiger partial charge on any atom is -0.459 e. The molecule has 1 unspecified atom stereocenters. The maximum Gasteiger partial charge on any atom is 0.349 e. The van der Waals surface area contributed by atoms with Gasteiger partial charge in [-0.05, 0) is 0 Å². The zero-order chi connectivity index (χ0) is 13.9. The van der Waals surface area contributed by atoms with Crippen molar-refractivity contribution < 1.29 is 40.3 Å². The molecule has 1 atom stereocenters. The summed E-state index contributed by atoms with van der Waals surface area (Å²) in [6.07, 6.45) is -8.74. The fraction of sp³-hybridized carbons (Fsp3) is 0.625. The van der Waals surface area contributed by atoms with Crippen molar-refractivity contribution in [1.29, 1.82) is 0 Å². The van der Waals surface area contributed by atoms with E-state index in [1.165, 1.54) is 0 Å². The van der Waals surface area contributed by atoms with E-state index >= 15 is 0 Å². The zero-order valence-corrected chi connectivity index (χ0v) is 8.11. The summed E-state index contributed by atoms with van der Waals surface area (Å²) >= 11 is 0. The summed E-state index contributed by atoms with van der Waals surface area (Å²) in [5.74, 6) is -7.14. The molecule has 0 rings (SSSR count). The van der Waals surface area contributed by atoms with E-state index in [1.807, 2.05) is 0 Å². The number of ether oxygens (including phenoxy) is 1. The zero-order valence-electron chi connectivity index (χ0n) is 8.11. The van der Waals surface area contributed by atoms with Crippen LogP contribution in [0.5, 0.6) is 0 Å². The average Bonchev–Trinajstić information content (AvgIpc) is 2.24. The van der Waals surface area contributed by atoms with Gasteiger partial charge in [0.15, 0.2) is 0 Å². The molecule has 0 spiro atoms. The lowest BCUT2D eigenvalue weighted by Crippen LogP contribution is -2.57. The Morgan fingerprint density at radius 1 is 1.18 bits per heavy atom. The molecule has 0 radical (unpaired) electrons. The first-order valence-corrected chi connectivity index (χ1v) is 4.01. The summed E-state index contributed by atoms with van der Waals surface area (Å²) in [6.45, 7) is 0.582. The first-order chi connectivity index (χ1) is 7.59. The van der Waals surface area contributed by atoms with Crippen molar-refractivity contribution in [3.05, 3.63) is 12.7 Å². The number of rotatable bonds is 6. The second kappa shape index (κ2) is 5.37. The highest BCUT2D eigenvalue weighted by molar-refractivity contribution is 5.81. The quantitative estimate of drug-likeness (QED) is 0.420. The van der Waals surface area contributed by atoms with Gasteiger partial charge in [0.05, 0.1) is 0 Å². The number of hydrogen-bond acceptors (Lipinski definition) is 2. The maximum absolute atomic E-state index is 13.1. The van der Waals surface area contributed by atoms with Crippen LogP contribution in [-0.4, -0.2) is 37.0 Å². The Labute approximate surface area is 91.0 Å². The monoisotopic (exact) mass is 268 g/mol. The van der Waals surface area contributed by atoms with Gasteiger partial charge in [-0.25, -0.2) is 26.7 Å². The van der Waals surface area contributed by atoms with Crippen LogP contribution in [-0.2, 0) is 9.53 Å². The molecule has 9 heteroatoms. The molecule has 0 heterocycles. The van der Waals surface area contributed by atoms with Gasteiger partial charge in [0.25, 0.3) is 12.1 Å². The van der Waals surface area contributed by atoms with E-state index in [-0.39, 0.29) is 0 Å². The maximum atomic E-state index is 13.1. The molecule has 0 aliphatic rings. The van der Waals surface area contributed by atoms with Crippen LogP contribution in [0.4, 0.5) is 30.7 Å². The van der Waals surface area contributed by atoms with Crippen molar-refractivity contribution in [3.63, 3.8) is 0 Å². The molecule has 2 nitrogen and oxygen atoms in total. The van der Waals surface area contributed by atoms with Crippen LogP contribution in [0.15, 0.2) is 12.7 Å². The second-order valence-electron chi connectivity index (χ2n) is 2.90. The van der Waals surface area contributed by atoms with Crippen molar-refractivity contribution in [1.82, 2.24) is 0 Å². The smallest absolute Gasteiger partial charge is 0.349 e. The summed E-state index contributed by atoms with van der Waals surface area (Å²) < 4.78 is 89.7. The van der Waals surface area contributed by atoms with Gasteiger partial charge in [-0.1, -0.05) is 6.58 Å². The molecule has 100 valence electrons. The van der Waals surface area contributed by atoms with Crippen LogP contribution < -0.4 is 0 Å². The second-order valence-corrected chi connectivity index (χ2v) is 2.90. The first-order valence-electron chi connectivity index (χ1n) is 4.01. The van der Waals surface area contributed by atoms with E-state index < -0.39 is 37.0 Å². The van der Waals surface area contributed by atoms with E-state index in [0.29, 0.717) is 6.08 Å². The molecule has 0 saturated carbocycles. The summed E-state index contributed by atoms with van der Waals surface area (Å²) in [4.78, 5) is 10.4. The normalized spacial score (nSPS) is 15.8. The van der Waals surface area contributed by atoms with Crippen molar-refractivity contribution >= 4 is 5.97 Å². The highest BCUT2D eigenvalue weighted by Crippen LogP contribution is 2.42. The van der Waals surface area contributed by atoms with Crippen LogP contribution in [0, 0.1) is 0 Å². The third-order valence-electron chi connectivity index (χ3n) is 1.77. The van der Waals surface area contributed by atoms with E-state index in [4.69, 9.17) is 0 Å². The molecule has 0 aromatic heterocycles. The van der Waals surface area contributed by atoms with Gasteiger partial charge < -0.3 is 4.74 Å². The Hall–Kier alpha value is -1.28. The molecule has 0 N–H and O–H groups in total. The molecule has 17 heavy (non-hydrogen) atoms. The summed E-state index contributed by atoms with van der Waals surface area (Å²) in [5.41, 5.74) is -4.96. The van der Waals surface area contributed by atoms with Gasteiger partial charge >= 0.3 is 18.3 Å². The fourth-order valence-electron chi connectivity index (χ4n) is 0.721. The number of halogens is 7. The van der Waals surface area contributed by atoms with E-state index in [1.54, 1.807) is 0 Å². The SMILES string of the molecule is C=CC(=O)OCC(F)(C(F)F)C(F)(F)C(F)F. The predicted molar refractivity (Wildman–Crippen MR) is 42.0 cm³/mol. The number of carbonyl (C=O) groups excluding carboxylic acids is 1. The Balaban J connectivity index is 5.04. The highest BCUT2D eigenvalue weighted by atomic mass is 19.3. The number of esters is 1. The van der Waals surface area contributed by atoms with E-state index in [2.05, 4.69) is 11.3 Å². The Morgan fingerprint density at radius 2 is 1.65 bits per heavy atom. The van der Waals surface area contributed by atoms with E-state index in [9.17, 15) is 35.5 Å². The van der Waals surface area contributed by atoms with Gasteiger partial charge in [0.2, 0.25) is 0 Å². The summed E-state index contributed by atoms with van der Waals surface area (Å²) in [5, 5.41) is 0. The molecular formula is C8H7F7O2. The molecule has 0 aromatic carbocycles. The number of alkyl halides is 7. The predicted octanol–water partition coefficient (Wildman–Crippen LogP) is 2.59. The topological polar surface area (TPSA) is 26.3 Å². The van der Waals surface area contributed by atoms with E-state index in [0.717, 1.165) is 0 Å². The molecule has 0 amide bonds. The number of hydrogen-bond donors (Lipinski definition) is 0. The third-order valence-corrected chi connectivity index (χ3v) is 1.77. The lowest BCUT2D eigenvalue weighted by Gasteiger charge is -2.31. The van der Waals surface area contributed by atoms with Crippen LogP contribution >= 0.6 is 0 Å². The minimum absolute atomic E-state index is 0.381. The van der Waals surface area contributed by atoms with Crippen molar-refractivity contribution in [3.8, 4) is 0 Å². The molecule has 0 aliphatic heterocycles. The van der Waals surface area contributed by atoms with Crippen molar-refractivity contribution in [2.45, 2.75) is 24.4 Å². The highest BCUT2D eigenvalue weighted by Gasteiger charge is 2.67. The van der Waals surface area contributed by atoms with Crippen molar-refractivity contribution in [2.24, 2.45) is 0 Å². The van der Waals surface area contributed by atoms with Gasteiger partial charge in [0.1, 0.15) is 6.61 Å². The summed E-state index contributed by atoms with van der Waals surface area (Å²) in [6, 6.07) is 0. The molecule has 0 bridgehead atoms. The Morgan fingerprint density at radius 3 is 1.94 bits per heavy atom. The first kappa shape index (κ1) is 15.7. The van der Waals surface area contributed by atoms with Crippen LogP contribution in [0.1, 0.15) is 0 Å². The van der Waals surface area contributed by atoms with Crippen LogP contribution in [0.25, 0.3) is 0 Å². The van der Waals surface area contributed by atoms with Gasteiger partial charge in [-0.3, -0.25) is 0 Å². The van der Waals surface area contributed by atoms with Gasteiger partial charge in [0, 0.05) is 6.08 Å². The summed E-state index contributed by atoms with van der Waals surface area (Å²) in [7, 11) is 0. The minimum atomic E-state index is -5.65. The fourth-order valence-corrected chi connectivity index (χ4v) is 0.721. The third kappa shape index (κ3) is 3.10. The van der Waals surface area contributed by atoms with Crippen LogP contribution in [0.2, 0.25) is 0 Å². The molecule has 0 fully saturated rings. The molecular weight excluding hydrogens is 261 g/mol. The van der Waals surface area contributed by atoms with Gasteiger partial charge in [-0.15, -0.1) is 0 Å². The molecule has 0 saturated heterocycles. The lowest BCUT2D eigenvalue weighted by molar-refractivity contribution is -0.263. The largest absolute Gasteiger partial charge is 0.459 e. The number of carbonyl (C=O) groups is 1. The van der Waals surface area contributed by atoms with Crippen molar-refractivity contribution in [2.75, 3.05) is 6.61 Å². The van der Waals surface area contributed by atoms with Gasteiger partial charge in [-0.2, -0.15) is 8.78 Å². The molecule has 0 aromatic rings.